The van der Waals surface area contributed by atoms with Crippen LogP contribution in [0.1, 0.15) is 54.6 Å². The monoisotopic (exact) mass is 507 g/mol. The minimum Gasteiger partial charge on any atom is -0.374 e. The molecule has 4 heterocycles. The lowest BCUT2D eigenvalue weighted by Crippen LogP contribution is -2.42. The Bertz CT molecular complexity index is 1430. The predicted octanol–water partition coefficient (Wildman–Crippen LogP) is 5.09. The summed E-state index contributed by atoms with van der Waals surface area (Å²) in [5, 5.41) is 4.53. The van der Waals surface area contributed by atoms with Gasteiger partial charge in [-0.15, -0.1) is 0 Å². The van der Waals surface area contributed by atoms with Crippen molar-refractivity contribution >= 4 is 5.52 Å². The highest BCUT2D eigenvalue weighted by Gasteiger charge is 2.41. The first kappa shape index (κ1) is 24.1. The molecule has 1 aliphatic carbocycles. The van der Waals surface area contributed by atoms with Crippen LogP contribution >= 0.6 is 0 Å². The third-order valence-electron chi connectivity index (χ3n) is 7.64. The van der Waals surface area contributed by atoms with Gasteiger partial charge in [-0.2, -0.15) is 5.10 Å². The van der Waals surface area contributed by atoms with Crippen molar-refractivity contribution < 1.29 is 17.9 Å². The lowest BCUT2D eigenvalue weighted by Gasteiger charge is -2.34. The molecule has 2 N–H and O–H groups in total. The van der Waals surface area contributed by atoms with Gasteiger partial charge in [0.2, 0.25) is 0 Å². The number of nitrogens with two attached hydrogens (primary N) is 1. The van der Waals surface area contributed by atoms with Crippen molar-refractivity contribution in [3.8, 4) is 11.3 Å². The second-order valence-corrected chi connectivity index (χ2v) is 10.5. The molecule has 3 atom stereocenters. The molecule has 6 rings (SSSR count). The number of hydrogen-bond acceptors (Lipinski definition) is 5. The Kier molecular flexibility index (Phi) is 6.00. The molecule has 0 radical (unpaired) electrons. The van der Waals surface area contributed by atoms with Crippen molar-refractivity contribution in [1.29, 1.82) is 0 Å². The molecule has 192 valence electrons. The first-order valence-electron chi connectivity index (χ1n) is 12.6. The molecular formula is C28H28F3N5O. The number of benzene rings is 1. The van der Waals surface area contributed by atoms with Crippen molar-refractivity contribution in [3.05, 3.63) is 83.1 Å². The molecule has 2 aliphatic rings. The van der Waals surface area contributed by atoms with Crippen LogP contribution in [0.5, 0.6) is 0 Å². The van der Waals surface area contributed by atoms with Gasteiger partial charge in [0, 0.05) is 24.9 Å². The normalized spacial score (nSPS) is 23.2. The number of ether oxygens (including phenoxy) is 1. The molecule has 3 aromatic heterocycles. The molecular weight excluding hydrogens is 479 g/mol. The van der Waals surface area contributed by atoms with E-state index in [2.05, 4.69) is 28.1 Å². The van der Waals surface area contributed by atoms with Crippen LogP contribution in [0.4, 0.5) is 13.2 Å². The third kappa shape index (κ3) is 4.40. The third-order valence-corrected chi connectivity index (χ3v) is 7.64. The van der Waals surface area contributed by atoms with E-state index in [1.54, 1.807) is 29.0 Å². The maximum absolute atomic E-state index is 15.1. The van der Waals surface area contributed by atoms with Crippen molar-refractivity contribution in [2.75, 3.05) is 13.2 Å². The van der Waals surface area contributed by atoms with Crippen LogP contribution in [0.2, 0.25) is 0 Å². The minimum absolute atomic E-state index is 0.0669. The van der Waals surface area contributed by atoms with Crippen LogP contribution in [0.3, 0.4) is 0 Å². The molecule has 1 aromatic carbocycles. The SMILES string of the molecule is C[C@@H]1C[C@H](N)C[C@H](c2ccncc2Cc2ncc3ccc(-c4c(F)cc(C5(F)COC5)cc4F)nn23)C1. The quantitative estimate of drug-likeness (QED) is 0.407. The largest absolute Gasteiger partial charge is 0.374 e. The van der Waals surface area contributed by atoms with Crippen molar-refractivity contribution in [1.82, 2.24) is 19.6 Å². The van der Waals surface area contributed by atoms with Gasteiger partial charge in [0.15, 0.2) is 5.67 Å². The number of nitrogens with zero attached hydrogens (tertiary/aromatic N) is 4. The highest BCUT2D eigenvalue weighted by molar-refractivity contribution is 5.63. The minimum atomic E-state index is -1.86. The maximum Gasteiger partial charge on any atom is 0.182 e. The number of fused-ring (bicyclic) bond motifs is 1. The summed E-state index contributed by atoms with van der Waals surface area (Å²) in [5.41, 5.74) is 7.13. The standard InChI is InChI=1S/C28H28F3N5O/c1-16-6-17(8-20(32)7-16)22-4-5-33-12-18(22)9-26-34-13-21-2-3-25(35-36(21)26)27-23(29)10-19(11-24(27)30)28(31)14-37-15-28/h2-5,10-13,16-17,20H,6-9,14-15,32H2,1H3/t16-,17+,20-/m0/s1. The van der Waals surface area contributed by atoms with E-state index in [4.69, 9.17) is 10.5 Å². The average molecular weight is 508 g/mol. The molecule has 1 saturated carbocycles. The summed E-state index contributed by atoms with van der Waals surface area (Å²) in [6.07, 6.45) is 8.81. The first-order valence-corrected chi connectivity index (χ1v) is 12.6. The predicted molar refractivity (Wildman–Crippen MR) is 133 cm³/mol. The fourth-order valence-electron chi connectivity index (χ4n) is 5.78. The van der Waals surface area contributed by atoms with Gasteiger partial charge in [0.25, 0.3) is 0 Å². The van der Waals surface area contributed by atoms with Crippen LogP contribution in [0, 0.1) is 17.6 Å². The Labute approximate surface area is 212 Å². The molecule has 37 heavy (non-hydrogen) atoms. The highest BCUT2D eigenvalue weighted by atomic mass is 19.1. The molecule has 0 amide bonds. The number of pyridine rings is 1. The van der Waals surface area contributed by atoms with Gasteiger partial charge in [-0.1, -0.05) is 6.92 Å². The van der Waals surface area contributed by atoms with Crippen LogP contribution in [-0.4, -0.2) is 38.8 Å². The van der Waals surface area contributed by atoms with Gasteiger partial charge >= 0.3 is 0 Å². The average Bonchev–Trinajstić information content (AvgIpc) is 3.24. The van der Waals surface area contributed by atoms with E-state index in [1.807, 2.05) is 6.20 Å². The summed E-state index contributed by atoms with van der Waals surface area (Å²) in [6.45, 7) is 1.81. The Hall–Kier alpha value is -3.30. The van der Waals surface area contributed by atoms with E-state index >= 15 is 8.78 Å². The van der Waals surface area contributed by atoms with Gasteiger partial charge in [0.1, 0.15) is 17.5 Å². The van der Waals surface area contributed by atoms with E-state index in [-0.39, 0.29) is 36.1 Å². The number of rotatable bonds is 5. The van der Waals surface area contributed by atoms with E-state index in [9.17, 15) is 4.39 Å². The summed E-state index contributed by atoms with van der Waals surface area (Å²) in [6, 6.07) is 7.54. The molecule has 1 aliphatic heterocycles. The number of hydrogen-bond donors (Lipinski definition) is 1. The number of aromatic nitrogens is 4. The summed E-state index contributed by atoms with van der Waals surface area (Å²) in [5.74, 6) is -0.222. The van der Waals surface area contributed by atoms with E-state index in [0.717, 1.165) is 37.0 Å². The fourth-order valence-corrected chi connectivity index (χ4v) is 5.78. The highest BCUT2D eigenvalue weighted by Crippen LogP contribution is 2.38. The number of imidazole rings is 1. The van der Waals surface area contributed by atoms with E-state index in [1.165, 1.54) is 5.56 Å². The summed E-state index contributed by atoms with van der Waals surface area (Å²) >= 11 is 0. The zero-order valence-corrected chi connectivity index (χ0v) is 20.5. The Morgan fingerprint density at radius 3 is 2.57 bits per heavy atom. The Morgan fingerprint density at radius 2 is 1.86 bits per heavy atom. The van der Waals surface area contributed by atoms with Gasteiger partial charge in [-0.05, 0) is 78.1 Å². The first-order chi connectivity index (χ1) is 17.8. The zero-order chi connectivity index (χ0) is 25.7. The molecule has 4 aromatic rings. The van der Waals surface area contributed by atoms with Gasteiger partial charge in [-0.3, -0.25) is 4.98 Å². The molecule has 0 unspecified atom stereocenters. The number of halogens is 3. The molecule has 6 nitrogen and oxygen atoms in total. The van der Waals surface area contributed by atoms with Crippen molar-refractivity contribution in [3.63, 3.8) is 0 Å². The molecule has 9 heteroatoms. The Morgan fingerprint density at radius 1 is 1.08 bits per heavy atom. The van der Waals surface area contributed by atoms with Crippen LogP contribution < -0.4 is 5.73 Å². The molecule has 0 bridgehead atoms. The summed E-state index contributed by atoms with van der Waals surface area (Å²) < 4.78 is 51.3. The smallest absolute Gasteiger partial charge is 0.182 e. The van der Waals surface area contributed by atoms with Crippen LogP contribution in [0.25, 0.3) is 16.8 Å². The van der Waals surface area contributed by atoms with Gasteiger partial charge in [-0.25, -0.2) is 22.7 Å². The van der Waals surface area contributed by atoms with Crippen molar-refractivity contribution in [2.24, 2.45) is 11.7 Å². The number of alkyl halides is 1. The van der Waals surface area contributed by atoms with E-state index < -0.39 is 17.3 Å². The lowest BCUT2D eigenvalue weighted by molar-refractivity contribution is -0.135. The maximum atomic E-state index is 15.1. The van der Waals surface area contributed by atoms with Gasteiger partial charge < -0.3 is 10.5 Å². The van der Waals surface area contributed by atoms with Crippen LogP contribution in [0.15, 0.2) is 48.9 Å². The topological polar surface area (TPSA) is 78.3 Å². The van der Waals surface area contributed by atoms with Gasteiger partial charge in [0.05, 0.1) is 36.2 Å². The van der Waals surface area contributed by atoms with Crippen LogP contribution in [-0.2, 0) is 16.8 Å². The fraction of sp³-hybridized carbons (Fsp3) is 0.393. The molecule has 2 fully saturated rings. The van der Waals surface area contributed by atoms with E-state index in [0.29, 0.717) is 29.6 Å². The summed E-state index contributed by atoms with van der Waals surface area (Å²) in [4.78, 5) is 8.89. The second kappa shape index (κ2) is 9.22. The molecule has 1 saturated heterocycles. The van der Waals surface area contributed by atoms with Crippen molar-refractivity contribution in [2.45, 2.75) is 50.2 Å². The zero-order valence-electron chi connectivity index (χ0n) is 20.5. The lowest BCUT2D eigenvalue weighted by atomic mass is 9.75. The Balaban J connectivity index is 1.35. The second-order valence-electron chi connectivity index (χ2n) is 10.5. The summed E-state index contributed by atoms with van der Waals surface area (Å²) in [7, 11) is 0. The molecule has 0 spiro atoms.